The number of nitrogens with one attached hydrogen (secondary N) is 1. The van der Waals surface area contributed by atoms with Crippen molar-refractivity contribution in [3.8, 4) is 0 Å². The van der Waals surface area contributed by atoms with Gasteiger partial charge in [0.05, 0.1) is 11.2 Å². The van der Waals surface area contributed by atoms with E-state index in [0.717, 1.165) is 29.4 Å². The van der Waals surface area contributed by atoms with Crippen molar-refractivity contribution in [2.24, 2.45) is 0 Å². The predicted molar refractivity (Wildman–Crippen MR) is 119 cm³/mol. The molecule has 3 rings (SSSR count). The number of hydrogen-bond donors (Lipinski definition) is 1. The van der Waals surface area contributed by atoms with Crippen molar-refractivity contribution in [3.05, 3.63) is 83.1 Å². The van der Waals surface area contributed by atoms with Gasteiger partial charge in [0.15, 0.2) is 0 Å². The Labute approximate surface area is 182 Å². The third kappa shape index (κ3) is 5.19. The summed E-state index contributed by atoms with van der Waals surface area (Å²) in [6.45, 7) is 7.28. The molecule has 1 aliphatic rings. The number of sulfonamides is 1. The van der Waals surface area contributed by atoms with Crippen molar-refractivity contribution in [2.75, 3.05) is 0 Å². The van der Waals surface area contributed by atoms with Crippen LogP contribution < -0.4 is 4.72 Å². The van der Waals surface area contributed by atoms with E-state index in [4.69, 9.17) is 16.3 Å². The van der Waals surface area contributed by atoms with Crippen LogP contribution in [0.1, 0.15) is 35.1 Å². The number of carbonyl (C=O) groups is 1. The molecule has 0 aromatic heterocycles. The average molecular weight is 446 g/mol. The lowest BCUT2D eigenvalue weighted by Gasteiger charge is -2.28. The van der Waals surface area contributed by atoms with Crippen molar-refractivity contribution in [3.63, 3.8) is 0 Å². The summed E-state index contributed by atoms with van der Waals surface area (Å²) >= 11 is 5.86. The lowest BCUT2D eigenvalue weighted by atomic mass is 9.82. The number of hydrogen-bond acceptors (Lipinski definition) is 4. The molecule has 5 nitrogen and oxygen atoms in total. The monoisotopic (exact) mass is 445 g/mol. The molecule has 0 bridgehead atoms. The highest BCUT2D eigenvalue weighted by Crippen LogP contribution is 2.30. The van der Waals surface area contributed by atoms with Gasteiger partial charge < -0.3 is 4.74 Å². The lowest BCUT2D eigenvalue weighted by molar-refractivity contribution is -0.137. The van der Waals surface area contributed by atoms with Crippen LogP contribution in [0.25, 0.3) is 6.08 Å². The van der Waals surface area contributed by atoms with Gasteiger partial charge in [0.2, 0.25) is 10.0 Å². The number of ether oxygens (including phenoxy) is 1. The first kappa shape index (κ1) is 22.3. The van der Waals surface area contributed by atoms with E-state index in [2.05, 4.69) is 17.9 Å². The molecule has 0 aliphatic heterocycles. The number of benzene rings is 2. The first-order chi connectivity index (χ1) is 14.3. The van der Waals surface area contributed by atoms with Gasteiger partial charge in [-0.25, -0.2) is 13.1 Å². The van der Waals surface area contributed by atoms with Crippen molar-refractivity contribution in [1.29, 1.82) is 0 Å². The van der Waals surface area contributed by atoms with Crippen molar-refractivity contribution < 1.29 is 17.9 Å². The summed E-state index contributed by atoms with van der Waals surface area (Å²) < 4.78 is 33.0. The second-order valence-electron chi connectivity index (χ2n) is 7.15. The van der Waals surface area contributed by atoms with E-state index in [0.29, 0.717) is 24.3 Å². The Balaban J connectivity index is 1.78. The minimum absolute atomic E-state index is 0.195. The molecule has 1 atom stereocenters. The fourth-order valence-electron chi connectivity index (χ4n) is 3.82. The van der Waals surface area contributed by atoms with E-state index in [9.17, 15) is 13.2 Å². The summed E-state index contributed by atoms with van der Waals surface area (Å²) in [5.41, 5.74) is 4.31. The summed E-state index contributed by atoms with van der Waals surface area (Å²) in [6, 6.07) is 9.90. The molecule has 0 saturated carbocycles. The maximum absolute atomic E-state index is 12.7. The highest BCUT2D eigenvalue weighted by Gasteiger charge is 2.26. The summed E-state index contributed by atoms with van der Waals surface area (Å²) in [7, 11) is -3.63. The van der Waals surface area contributed by atoms with Crippen LogP contribution in [-0.4, -0.2) is 20.4 Å². The van der Waals surface area contributed by atoms with Crippen LogP contribution in [0.5, 0.6) is 0 Å². The third-order valence-electron chi connectivity index (χ3n) is 5.23. The maximum Gasteiger partial charge on any atom is 0.310 e. The quantitative estimate of drug-likeness (QED) is 0.481. The van der Waals surface area contributed by atoms with Gasteiger partial charge in [-0.2, -0.15) is 0 Å². The summed E-state index contributed by atoms with van der Waals surface area (Å²) in [5, 5.41) is 0.489. The second-order valence-corrected chi connectivity index (χ2v) is 9.30. The molecule has 0 spiro atoms. The Morgan fingerprint density at radius 2 is 1.93 bits per heavy atom. The third-order valence-corrected chi connectivity index (χ3v) is 7.02. The van der Waals surface area contributed by atoms with E-state index < -0.39 is 10.0 Å². The van der Waals surface area contributed by atoms with Gasteiger partial charge in [0, 0.05) is 17.5 Å². The molecule has 30 heavy (non-hydrogen) atoms. The molecular weight excluding hydrogens is 422 g/mol. The van der Waals surface area contributed by atoms with Crippen LogP contribution in [-0.2, 0) is 38.8 Å². The predicted octanol–water partition coefficient (Wildman–Crippen LogP) is 4.44. The van der Waals surface area contributed by atoms with Crippen molar-refractivity contribution in [2.45, 2.75) is 43.0 Å². The zero-order valence-corrected chi connectivity index (χ0v) is 18.1. The molecule has 2 aromatic carbocycles. The molecule has 1 aliphatic carbocycles. The van der Waals surface area contributed by atoms with E-state index >= 15 is 0 Å². The number of halogens is 1. The molecular formula is C23H24ClNO4S. The molecule has 158 valence electrons. The molecule has 1 unspecified atom stereocenters. The van der Waals surface area contributed by atoms with Crippen LogP contribution in [0.4, 0.5) is 0 Å². The van der Waals surface area contributed by atoms with Gasteiger partial charge in [-0.15, -0.1) is 0 Å². The molecule has 0 amide bonds. The Bertz CT molecular complexity index is 1060. The van der Waals surface area contributed by atoms with Gasteiger partial charge in [0.25, 0.3) is 0 Å². The van der Waals surface area contributed by atoms with Gasteiger partial charge in [-0.05, 0) is 72.2 Å². The Morgan fingerprint density at radius 1 is 1.20 bits per heavy atom. The molecule has 0 saturated heterocycles. The molecule has 1 N–H and O–H groups in total. The van der Waals surface area contributed by atoms with Crippen molar-refractivity contribution in [1.82, 2.24) is 4.72 Å². The minimum Gasteiger partial charge on any atom is -0.435 e. The molecule has 7 heteroatoms. The fraction of sp³-hybridized carbons (Fsp3) is 0.261. The van der Waals surface area contributed by atoms with Gasteiger partial charge in [0.1, 0.15) is 0 Å². The smallest absolute Gasteiger partial charge is 0.310 e. The molecule has 0 fully saturated rings. The van der Waals surface area contributed by atoms with E-state index in [-0.39, 0.29) is 23.3 Å². The van der Waals surface area contributed by atoms with E-state index in [1.54, 1.807) is 18.2 Å². The largest absolute Gasteiger partial charge is 0.435 e. The van der Waals surface area contributed by atoms with Crippen LogP contribution in [0.2, 0.25) is 5.02 Å². The standard InChI is InChI=1S/C23H24ClNO4S/c1-3-16-5-6-17-15-19(25-30(27,28)20-10-7-18(24)8-11-20)9-12-22(17)21(16)13-14-23(26)29-4-2/h3-8,10-11,19,25H,1-2,9,12-15H2. The lowest BCUT2D eigenvalue weighted by Crippen LogP contribution is -2.39. The zero-order chi connectivity index (χ0) is 21.7. The summed E-state index contributed by atoms with van der Waals surface area (Å²) in [5.74, 6) is -0.331. The highest BCUT2D eigenvalue weighted by molar-refractivity contribution is 7.89. The fourth-order valence-corrected chi connectivity index (χ4v) is 5.21. The maximum atomic E-state index is 12.7. The summed E-state index contributed by atoms with van der Waals surface area (Å²) in [4.78, 5) is 11.9. The van der Waals surface area contributed by atoms with Crippen LogP contribution in [0.15, 0.2) is 60.7 Å². The van der Waals surface area contributed by atoms with Crippen molar-refractivity contribution >= 4 is 33.7 Å². The number of carbonyl (C=O) groups excluding carboxylic acids is 1. The first-order valence-corrected chi connectivity index (χ1v) is 11.5. The highest BCUT2D eigenvalue weighted by atomic mass is 35.5. The summed E-state index contributed by atoms with van der Waals surface area (Å²) in [6.07, 6.45) is 5.68. The Hall–Kier alpha value is -2.41. The Kier molecular flexibility index (Phi) is 7.13. The molecule has 2 aromatic rings. The normalized spacial score (nSPS) is 15.8. The van der Waals surface area contributed by atoms with Crippen LogP contribution >= 0.6 is 11.6 Å². The van der Waals surface area contributed by atoms with E-state index in [1.807, 2.05) is 12.1 Å². The number of rotatable bonds is 8. The Morgan fingerprint density at radius 3 is 2.60 bits per heavy atom. The van der Waals surface area contributed by atoms with Crippen LogP contribution in [0, 0.1) is 0 Å². The molecule has 0 heterocycles. The van der Waals surface area contributed by atoms with E-state index in [1.165, 1.54) is 17.7 Å². The van der Waals surface area contributed by atoms with Crippen LogP contribution in [0.3, 0.4) is 0 Å². The van der Waals surface area contributed by atoms with Gasteiger partial charge in [-0.1, -0.05) is 43.0 Å². The van der Waals surface area contributed by atoms with Gasteiger partial charge in [-0.3, -0.25) is 4.79 Å². The molecule has 0 radical (unpaired) electrons. The number of esters is 1. The SMILES string of the molecule is C=COC(=O)CCc1c(C=C)ccc2c1CCC(NS(=O)(=O)c1ccc(Cl)cc1)C2. The topological polar surface area (TPSA) is 72.5 Å². The first-order valence-electron chi connectivity index (χ1n) is 9.68. The average Bonchev–Trinajstić information content (AvgIpc) is 2.72. The number of fused-ring (bicyclic) bond motifs is 1. The second kappa shape index (κ2) is 9.60. The zero-order valence-electron chi connectivity index (χ0n) is 16.6. The minimum atomic E-state index is -3.63. The van der Waals surface area contributed by atoms with Gasteiger partial charge >= 0.3 is 5.97 Å².